The number of carbonyl (C=O) groups excluding carboxylic acids is 3. The summed E-state index contributed by atoms with van der Waals surface area (Å²) >= 11 is 2.23. The van der Waals surface area contributed by atoms with Crippen LogP contribution >= 0.6 is 23.1 Å². The average molecular weight is 441 g/mol. The van der Waals surface area contributed by atoms with Crippen LogP contribution in [0.2, 0.25) is 0 Å². The highest BCUT2D eigenvalue weighted by atomic mass is 32.2. The molecule has 0 fully saturated rings. The predicted octanol–water partition coefficient (Wildman–Crippen LogP) is 3.10. The largest absolute Gasteiger partial charge is 0.465 e. The molecule has 0 unspecified atom stereocenters. The Morgan fingerprint density at radius 2 is 1.83 bits per heavy atom. The molecule has 0 radical (unpaired) electrons. The van der Waals surface area contributed by atoms with Gasteiger partial charge in [-0.3, -0.25) is 4.79 Å². The van der Waals surface area contributed by atoms with Gasteiger partial charge in [0.05, 0.1) is 25.5 Å². The van der Waals surface area contributed by atoms with Gasteiger partial charge in [0.1, 0.15) is 15.7 Å². The van der Waals surface area contributed by atoms with Gasteiger partial charge in [0.2, 0.25) is 5.91 Å². The van der Waals surface area contributed by atoms with E-state index in [0.29, 0.717) is 17.3 Å². The zero-order chi connectivity index (χ0) is 21.7. The summed E-state index contributed by atoms with van der Waals surface area (Å²) < 4.78 is 11.5. The minimum absolute atomic E-state index is 0.0708. The van der Waals surface area contributed by atoms with Crippen molar-refractivity contribution in [3.63, 3.8) is 0 Å². The van der Waals surface area contributed by atoms with E-state index in [2.05, 4.69) is 15.5 Å². The molecule has 2 aromatic heterocycles. The van der Waals surface area contributed by atoms with Crippen molar-refractivity contribution in [3.05, 3.63) is 21.8 Å². The minimum Gasteiger partial charge on any atom is -0.465 e. The Kier molecular flexibility index (Phi) is 7.80. The molecule has 11 heteroatoms. The van der Waals surface area contributed by atoms with Crippen molar-refractivity contribution in [1.82, 2.24) is 14.8 Å². The molecule has 1 N–H and O–H groups in total. The number of carbonyl (C=O) groups is 3. The lowest BCUT2D eigenvalue weighted by atomic mass is 10.1. The minimum atomic E-state index is -0.635. The molecule has 0 saturated carbocycles. The van der Waals surface area contributed by atoms with Gasteiger partial charge in [-0.25, -0.2) is 9.59 Å². The number of methoxy groups -OCH3 is 2. The fourth-order valence-corrected chi connectivity index (χ4v) is 4.60. The van der Waals surface area contributed by atoms with Crippen molar-refractivity contribution in [1.29, 1.82) is 0 Å². The molecule has 9 nitrogen and oxygen atoms in total. The van der Waals surface area contributed by atoms with Crippen molar-refractivity contribution >= 4 is 45.9 Å². The van der Waals surface area contributed by atoms with Crippen LogP contribution in [0.15, 0.2) is 5.16 Å². The van der Waals surface area contributed by atoms with Gasteiger partial charge in [0.25, 0.3) is 0 Å². The Labute approximate surface area is 177 Å². The number of hydrogen-bond acceptors (Lipinski definition) is 9. The summed E-state index contributed by atoms with van der Waals surface area (Å²) in [5.74, 6) is -0.399. The van der Waals surface area contributed by atoms with Crippen LogP contribution in [0, 0.1) is 6.92 Å². The molecule has 29 heavy (non-hydrogen) atoms. The Morgan fingerprint density at radius 3 is 2.38 bits per heavy atom. The van der Waals surface area contributed by atoms with Crippen LogP contribution in [0.5, 0.6) is 0 Å². The molecule has 0 aliphatic rings. The van der Waals surface area contributed by atoms with Crippen LogP contribution in [0.25, 0.3) is 0 Å². The third-order valence-corrected chi connectivity index (χ3v) is 6.22. The Morgan fingerprint density at radius 1 is 1.17 bits per heavy atom. The van der Waals surface area contributed by atoms with Gasteiger partial charge in [-0.1, -0.05) is 25.6 Å². The van der Waals surface area contributed by atoms with Gasteiger partial charge in [-0.2, -0.15) is 0 Å². The average Bonchev–Trinajstić information content (AvgIpc) is 3.25. The summed E-state index contributed by atoms with van der Waals surface area (Å²) in [6, 6.07) is 0. The lowest BCUT2D eigenvalue weighted by molar-refractivity contribution is -0.113. The molecular weight excluding hydrogens is 416 g/mol. The van der Waals surface area contributed by atoms with Crippen molar-refractivity contribution in [2.24, 2.45) is 0 Å². The number of thiophene rings is 1. The molecule has 0 aliphatic heterocycles. The van der Waals surface area contributed by atoms with Crippen molar-refractivity contribution in [2.75, 3.05) is 25.3 Å². The van der Waals surface area contributed by atoms with Crippen LogP contribution in [0.3, 0.4) is 0 Å². The van der Waals surface area contributed by atoms with Crippen LogP contribution in [0.4, 0.5) is 5.00 Å². The molecule has 158 valence electrons. The first-order chi connectivity index (χ1) is 13.7. The van der Waals surface area contributed by atoms with E-state index in [4.69, 9.17) is 9.47 Å². The first kappa shape index (κ1) is 22.9. The fraction of sp³-hybridized carbons (Fsp3) is 0.500. The molecule has 0 atom stereocenters. The van der Waals surface area contributed by atoms with E-state index in [1.165, 1.54) is 26.0 Å². The summed E-state index contributed by atoms with van der Waals surface area (Å²) in [6.07, 6.45) is 0. The number of esters is 2. The molecule has 0 spiro atoms. The molecule has 0 aromatic carbocycles. The lowest BCUT2D eigenvalue weighted by Crippen LogP contribution is -2.16. The summed E-state index contributed by atoms with van der Waals surface area (Å²) in [4.78, 5) is 36.8. The van der Waals surface area contributed by atoms with E-state index >= 15 is 0 Å². The highest BCUT2D eigenvalue weighted by Gasteiger charge is 2.27. The van der Waals surface area contributed by atoms with Crippen molar-refractivity contribution in [2.45, 2.75) is 45.3 Å². The number of ether oxygens (including phenoxy) is 2. The van der Waals surface area contributed by atoms with Crippen LogP contribution in [-0.2, 0) is 20.8 Å². The van der Waals surface area contributed by atoms with Gasteiger partial charge < -0.3 is 19.4 Å². The highest BCUT2D eigenvalue weighted by Crippen LogP contribution is 2.34. The molecule has 1 amide bonds. The maximum atomic E-state index is 12.5. The first-order valence-electron chi connectivity index (χ1n) is 8.90. The van der Waals surface area contributed by atoms with E-state index in [-0.39, 0.29) is 33.0 Å². The van der Waals surface area contributed by atoms with E-state index in [1.807, 2.05) is 25.3 Å². The molecule has 2 heterocycles. The predicted molar refractivity (Wildman–Crippen MR) is 111 cm³/mol. The Hall–Kier alpha value is -2.40. The topological polar surface area (TPSA) is 112 Å². The van der Waals surface area contributed by atoms with E-state index in [0.717, 1.165) is 17.2 Å². The second-order valence-electron chi connectivity index (χ2n) is 6.32. The van der Waals surface area contributed by atoms with Gasteiger partial charge >= 0.3 is 11.9 Å². The third-order valence-electron chi connectivity index (χ3n) is 4.07. The first-order valence-corrected chi connectivity index (χ1v) is 10.7. The smallest absolute Gasteiger partial charge is 0.348 e. The highest BCUT2D eigenvalue weighted by molar-refractivity contribution is 7.99. The Balaban J connectivity index is 2.19. The zero-order valence-electron chi connectivity index (χ0n) is 17.2. The lowest BCUT2D eigenvalue weighted by Gasteiger charge is -2.09. The number of thioether (sulfide) groups is 1. The fourth-order valence-electron chi connectivity index (χ4n) is 2.66. The van der Waals surface area contributed by atoms with Crippen molar-refractivity contribution in [3.8, 4) is 0 Å². The van der Waals surface area contributed by atoms with Gasteiger partial charge in [0.15, 0.2) is 5.16 Å². The van der Waals surface area contributed by atoms with Gasteiger partial charge in [-0.15, -0.1) is 21.5 Å². The van der Waals surface area contributed by atoms with E-state index < -0.39 is 11.9 Å². The van der Waals surface area contributed by atoms with E-state index in [1.54, 1.807) is 6.92 Å². The summed E-state index contributed by atoms with van der Waals surface area (Å²) in [5, 5.41) is 11.9. The van der Waals surface area contributed by atoms with Crippen LogP contribution < -0.4 is 5.32 Å². The second-order valence-corrected chi connectivity index (χ2v) is 8.28. The second kappa shape index (κ2) is 9.88. The molecular formula is C18H24N4O5S2. The number of nitrogens with zero attached hydrogens (tertiary/aromatic N) is 3. The number of aromatic nitrogens is 3. The summed E-state index contributed by atoms with van der Waals surface area (Å²) in [7, 11) is 2.49. The van der Waals surface area contributed by atoms with Crippen molar-refractivity contribution < 1.29 is 23.9 Å². The number of hydrogen-bond donors (Lipinski definition) is 1. The quantitative estimate of drug-likeness (QED) is 0.492. The molecule has 0 aliphatic carbocycles. The monoisotopic (exact) mass is 440 g/mol. The SMILES string of the molecule is CCn1c(SCC(=O)Nc2sc(C(=O)OC)c(C)c2C(=O)OC)nnc1C(C)C. The molecule has 2 aromatic rings. The Bertz CT molecular complexity index is 920. The zero-order valence-corrected chi connectivity index (χ0v) is 18.8. The molecule has 0 saturated heterocycles. The maximum Gasteiger partial charge on any atom is 0.348 e. The van der Waals surface area contributed by atoms with Gasteiger partial charge in [-0.05, 0) is 19.4 Å². The summed E-state index contributed by atoms with van der Waals surface area (Å²) in [6.45, 7) is 8.36. The maximum absolute atomic E-state index is 12.5. The van der Waals surface area contributed by atoms with E-state index in [9.17, 15) is 14.4 Å². The number of nitrogens with one attached hydrogen (secondary N) is 1. The number of anilines is 1. The molecule has 0 bridgehead atoms. The summed E-state index contributed by atoms with van der Waals surface area (Å²) in [5.41, 5.74) is 0.555. The standard InChI is InChI=1S/C18H24N4O5S2/c1-7-22-14(9(2)3)20-21-18(22)28-8-11(23)19-15-12(16(24)26-5)10(4)13(29-15)17(25)27-6/h9H,7-8H2,1-6H3,(H,19,23). The third kappa shape index (κ3) is 4.96. The number of amides is 1. The van der Waals surface area contributed by atoms with Gasteiger partial charge in [0, 0.05) is 12.5 Å². The normalized spacial score (nSPS) is 10.9. The van der Waals surface area contributed by atoms with Crippen LogP contribution in [-0.4, -0.2) is 52.6 Å². The number of rotatable bonds is 8. The van der Waals surface area contributed by atoms with Crippen LogP contribution in [0.1, 0.15) is 58.1 Å². The molecule has 2 rings (SSSR count).